The number of carbonyl (C=O) groups is 2. The molecule has 0 aromatic heterocycles. The first-order valence-corrected chi connectivity index (χ1v) is 14.8. The van der Waals surface area contributed by atoms with E-state index >= 15 is 0 Å². The second-order valence-electron chi connectivity index (χ2n) is 12.7. The van der Waals surface area contributed by atoms with Gasteiger partial charge < -0.3 is 5.32 Å². The minimum absolute atomic E-state index is 0.00820. The van der Waals surface area contributed by atoms with Crippen molar-refractivity contribution < 1.29 is 9.59 Å². The molecule has 3 aliphatic heterocycles. The molecule has 3 fully saturated rings. The Labute approximate surface area is 215 Å². The number of unbranched alkanes of at least 4 members (excludes halogenated alkanes) is 9. The van der Waals surface area contributed by atoms with E-state index in [2.05, 4.69) is 49.8 Å². The molecule has 3 rings (SSSR count). The molecule has 0 radical (unpaired) electrons. The highest BCUT2D eigenvalue weighted by molar-refractivity contribution is 6.03. The van der Waals surface area contributed by atoms with Crippen molar-refractivity contribution in [3.05, 3.63) is 0 Å². The fourth-order valence-corrected chi connectivity index (χ4v) is 7.06. The number of hydrogen-bond donors (Lipinski definition) is 1. The van der Waals surface area contributed by atoms with E-state index in [1.807, 2.05) is 0 Å². The van der Waals surface area contributed by atoms with Gasteiger partial charge in [0.25, 0.3) is 0 Å². The molecule has 0 aliphatic carbocycles. The molecule has 3 aliphatic rings. The molecule has 2 amide bonds. The number of piperazine rings is 1. The Kier molecular flexibility index (Phi) is 10.6. The van der Waals surface area contributed by atoms with E-state index in [1.54, 1.807) is 5.01 Å². The van der Waals surface area contributed by atoms with Crippen LogP contribution < -0.4 is 5.32 Å². The molecular formula is C29H54N4O2. The topological polar surface area (TPSA) is 55.9 Å². The summed E-state index contributed by atoms with van der Waals surface area (Å²) < 4.78 is 0. The highest BCUT2D eigenvalue weighted by Gasteiger charge is 2.54. The van der Waals surface area contributed by atoms with Crippen molar-refractivity contribution >= 4 is 11.8 Å². The zero-order chi connectivity index (χ0) is 25.5. The number of hydrazine groups is 1. The average molecular weight is 491 g/mol. The van der Waals surface area contributed by atoms with Gasteiger partial charge in [-0.25, -0.2) is 10.0 Å². The van der Waals surface area contributed by atoms with Gasteiger partial charge in [0.2, 0.25) is 11.8 Å². The van der Waals surface area contributed by atoms with Gasteiger partial charge in [-0.15, -0.1) is 0 Å². The van der Waals surface area contributed by atoms with Crippen molar-refractivity contribution in [1.82, 2.24) is 20.2 Å². The number of piperidine rings is 1. The van der Waals surface area contributed by atoms with Crippen LogP contribution in [0.3, 0.4) is 0 Å². The number of amides is 2. The van der Waals surface area contributed by atoms with E-state index in [1.165, 1.54) is 57.8 Å². The summed E-state index contributed by atoms with van der Waals surface area (Å²) in [5, 5.41) is 7.20. The van der Waals surface area contributed by atoms with Crippen molar-refractivity contribution in [1.29, 1.82) is 0 Å². The lowest BCUT2D eigenvalue weighted by Gasteiger charge is -2.58. The van der Waals surface area contributed by atoms with Crippen LogP contribution in [0.2, 0.25) is 0 Å². The van der Waals surface area contributed by atoms with Crippen LogP contribution in [0.1, 0.15) is 125 Å². The second kappa shape index (κ2) is 13.0. The van der Waals surface area contributed by atoms with Crippen molar-refractivity contribution in [2.75, 3.05) is 26.2 Å². The quantitative estimate of drug-likeness (QED) is 0.272. The summed E-state index contributed by atoms with van der Waals surface area (Å²) in [7, 11) is 0. The fourth-order valence-electron chi connectivity index (χ4n) is 7.06. The Morgan fingerprint density at radius 2 is 1.31 bits per heavy atom. The van der Waals surface area contributed by atoms with Gasteiger partial charge in [-0.2, -0.15) is 0 Å². The number of imide groups is 1. The van der Waals surface area contributed by atoms with Crippen molar-refractivity contribution in [2.24, 2.45) is 5.92 Å². The predicted molar refractivity (Wildman–Crippen MR) is 144 cm³/mol. The van der Waals surface area contributed by atoms with Gasteiger partial charge >= 0.3 is 0 Å². The second-order valence-corrected chi connectivity index (χ2v) is 12.7. The largest absolute Gasteiger partial charge is 0.314 e. The van der Waals surface area contributed by atoms with Crippen LogP contribution in [-0.2, 0) is 9.59 Å². The Hall–Kier alpha value is -0.980. The van der Waals surface area contributed by atoms with E-state index in [0.717, 1.165) is 51.9 Å². The smallest absolute Gasteiger partial charge is 0.247 e. The summed E-state index contributed by atoms with van der Waals surface area (Å²) in [5.74, 6) is -0.0735. The van der Waals surface area contributed by atoms with Crippen LogP contribution in [0.25, 0.3) is 0 Å². The monoisotopic (exact) mass is 490 g/mol. The average Bonchev–Trinajstić information content (AvgIpc) is 3.07. The Morgan fingerprint density at radius 1 is 0.800 bits per heavy atom. The van der Waals surface area contributed by atoms with Gasteiger partial charge in [0, 0.05) is 55.6 Å². The molecular weight excluding hydrogens is 436 g/mol. The lowest BCUT2D eigenvalue weighted by molar-refractivity contribution is -0.202. The first-order chi connectivity index (χ1) is 16.7. The summed E-state index contributed by atoms with van der Waals surface area (Å²) >= 11 is 0. The van der Waals surface area contributed by atoms with Crippen LogP contribution in [-0.4, -0.2) is 70.0 Å². The predicted octanol–water partition coefficient (Wildman–Crippen LogP) is 5.51. The SMILES string of the molecule is CCCCCCCCCCCCC1CC(=O)N(N2C(C)(C)CC(N3CCNCC3)CC2(C)C)C1=O. The van der Waals surface area contributed by atoms with Gasteiger partial charge in [-0.05, 0) is 47.0 Å². The minimum atomic E-state index is -0.241. The van der Waals surface area contributed by atoms with Crippen LogP contribution >= 0.6 is 0 Å². The molecule has 202 valence electrons. The van der Waals surface area contributed by atoms with Gasteiger partial charge in [0.1, 0.15) is 0 Å². The van der Waals surface area contributed by atoms with E-state index in [0.29, 0.717) is 12.5 Å². The zero-order valence-electron chi connectivity index (χ0n) is 23.5. The van der Waals surface area contributed by atoms with E-state index in [4.69, 9.17) is 0 Å². The number of nitrogens with zero attached hydrogens (tertiary/aromatic N) is 3. The number of nitrogens with one attached hydrogen (secondary N) is 1. The van der Waals surface area contributed by atoms with Crippen molar-refractivity contribution in [3.8, 4) is 0 Å². The number of hydrogen-bond acceptors (Lipinski definition) is 5. The highest BCUT2D eigenvalue weighted by atomic mass is 16.2. The van der Waals surface area contributed by atoms with Crippen LogP contribution in [0.5, 0.6) is 0 Å². The van der Waals surface area contributed by atoms with Crippen molar-refractivity contribution in [2.45, 2.75) is 142 Å². The van der Waals surface area contributed by atoms with E-state index < -0.39 is 0 Å². The molecule has 0 saturated carbocycles. The molecule has 6 heteroatoms. The van der Waals surface area contributed by atoms with Crippen LogP contribution in [0.4, 0.5) is 0 Å². The fraction of sp³-hybridized carbons (Fsp3) is 0.931. The molecule has 1 N–H and O–H groups in total. The maximum absolute atomic E-state index is 13.5. The Balaban J connectivity index is 1.48. The zero-order valence-corrected chi connectivity index (χ0v) is 23.5. The molecule has 3 saturated heterocycles. The molecule has 35 heavy (non-hydrogen) atoms. The summed E-state index contributed by atoms with van der Waals surface area (Å²) in [6, 6.07) is 0.494. The Bertz CT molecular complexity index is 668. The van der Waals surface area contributed by atoms with Gasteiger partial charge in [0.05, 0.1) is 0 Å². The molecule has 3 heterocycles. The van der Waals surface area contributed by atoms with Crippen molar-refractivity contribution in [3.63, 3.8) is 0 Å². The summed E-state index contributed by atoms with van der Waals surface area (Å²) in [6.45, 7) is 15.4. The molecule has 0 aromatic rings. The molecule has 6 nitrogen and oxygen atoms in total. The summed E-state index contributed by atoms with van der Waals surface area (Å²) in [6.07, 6.45) is 16.2. The maximum Gasteiger partial charge on any atom is 0.247 e. The van der Waals surface area contributed by atoms with Gasteiger partial charge in [-0.1, -0.05) is 71.1 Å². The van der Waals surface area contributed by atoms with E-state index in [9.17, 15) is 9.59 Å². The van der Waals surface area contributed by atoms with Gasteiger partial charge in [-0.3, -0.25) is 14.5 Å². The number of rotatable bonds is 13. The van der Waals surface area contributed by atoms with Crippen LogP contribution in [0.15, 0.2) is 0 Å². The lowest BCUT2D eigenvalue weighted by Crippen LogP contribution is -2.70. The normalized spacial score (nSPS) is 26.1. The number of carbonyl (C=O) groups excluding carboxylic acids is 2. The standard InChI is InChI=1S/C29H54N4O2/c1-6-7-8-9-10-11-12-13-14-15-16-24-21-26(34)32(27(24)35)33-28(2,3)22-25(23-29(33,4)5)31-19-17-30-18-20-31/h24-25,30H,6-23H2,1-5H3. The van der Waals surface area contributed by atoms with Gasteiger partial charge in [0.15, 0.2) is 0 Å². The lowest BCUT2D eigenvalue weighted by atomic mass is 9.77. The first kappa shape index (κ1) is 28.6. The first-order valence-electron chi connectivity index (χ1n) is 14.8. The maximum atomic E-state index is 13.5. The highest BCUT2D eigenvalue weighted by Crippen LogP contribution is 2.43. The molecule has 0 aromatic carbocycles. The van der Waals surface area contributed by atoms with E-state index in [-0.39, 0.29) is 28.8 Å². The molecule has 0 bridgehead atoms. The molecule has 0 spiro atoms. The third-order valence-electron chi connectivity index (χ3n) is 8.61. The molecule has 1 atom stereocenters. The third-order valence-corrected chi connectivity index (χ3v) is 8.61. The summed E-state index contributed by atoms with van der Waals surface area (Å²) in [5.41, 5.74) is -0.483. The Morgan fingerprint density at radius 3 is 1.86 bits per heavy atom. The van der Waals surface area contributed by atoms with Crippen LogP contribution in [0, 0.1) is 5.92 Å². The minimum Gasteiger partial charge on any atom is -0.314 e. The molecule has 1 unspecified atom stereocenters. The summed E-state index contributed by atoms with van der Waals surface area (Å²) in [4.78, 5) is 29.3. The third kappa shape index (κ3) is 7.52.